The van der Waals surface area contributed by atoms with Gasteiger partial charge in [-0.15, -0.1) is 0 Å². The minimum absolute atomic E-state index is 0.0626. The summed E-state index contributed by atoms with van der Waals surface area (Å²) >= 11 is 0. The van der Waals surface area contributed by atoms with E-state index in [0.29, 0.717) is 0 Å². The minimum Gasteiger partial charge on any atom is -0.480 e. The number of carbonyl (C=O) groups is 2. The summed E-state index contributed by atoms with van der Waals surface area (Å²) in [7, 11) is -3.69. The van der Waals surface area contributed by atoms with Gasteiger partial charge in [0.1, 0.15) is 0 Å². The largest absolute Gasteiger partial charge is 0.480 e. The average Bonchev–Trinajstić information content (AvgIpc) is 2.47. The summed E-state index contributed by atoms with van der Waals surface area (Å²) in [6.07, 6.45) is 0.751. The van der Waals surface area contributed by atoms with Crippen molar-refractivity contribution < 1.29 is 32.8 Å². The van der Waals surface area contributed by atoms with Crippen molar-refractivity contribution in [3.63, 3.8) is 0 Å². The highest BCUT2D eigenvalue weighted by molar-refractivity contribution is 7.90. The van der Waals surface area contributed by atoms with Gasteiger partial charge in [0.15, 0.2) is 15.3 Å². The zero-order valence-electron chi connectivity index (χ0n) is 13.3. The number of esters is 1. The van der Waals surface area contributed by atoms with Crippen LogP contribution in [0.1, 0.15) is 26.7 Å². The third-order valence-corrected chi connectivity index (χ3v) is 4.88. The third kappa shape index (κ3) is 3.70. The lowest BCUT2D eigenvalue weighted by Crippen LogP contribution is -2.41. The van der Waals surface area contributed by atoms with Gasteiger partial charge in [0.2, 0.25) is 5.75 Å². The molecule has 0 aliphatic carbocycles. The van der Waals surface area contributed by atoms with Crippen LogP contribution in [0.5, 0.6) is 5.75 Å². The number of carboxylic acids is 1. The Bertz CT molecular complexity index is 780. The molecule has 9 nitrogen and oxygen atoms in total. The maximum atomic E-state index is 12.3. The van der Waals surface area contributed by atoms with Crippen molar-refractivity contribution in [3.8, 4) is 5.75 Å². The van der Waals surface area contributed by atoms with Gasteiger partial charge in [-0.05, 0) is 25.0 Å². The molecule has 1 rings (SSSR count). The monoisotopic (exact) mass is 359 g/mol. The number of ether oxygens (including phenoxy) is 1. The fraction of sp³-hybridized carbons (Fsp3) is 0.429. The molecule has 1 aromatic carbocycles. The summed E-state index contributed by atoms with van der Waals surface area (Å²) in [6, 6.07) is 2.77. The molecule has 0 radical (unpaired) electrons. The van der Waals surface area contributed by atoms with Crippen LogP contribution in [-0.2, 0) is 19.4 Å². The van der Waals surface area contributed by atoms with Crippen molar-refractivity contribution in [2.45, 2.75) is 31.6 Å². The molecule has 24 heavy (non-hydrogen) atoms. The molecule has 0 saturated heterocycles. The maximum Gasteiger partial charge on any atom is 0.329 e. The van der Waals surface area contributed by atoms with Crippen LogP contribution in [0.15, 0.2) is 23.1 Å². The van der Waals surface area contributed by atoms with Gasteiger partial charge in [0, 0.05) is 12.3 Å². The molecule has 0 bridgehead atoms. The molecule has 132 valence electrons. The lowest BCUT2D eigenvalue weighted by molar-refractivity contribution is -0.385. The molecule has 10 heteroatoms. The minimum atomic E-state index is -3.69. The molecule has 0 aliphatic heterocycles. The number of rotatable bonds is 7. The first-order chi connectivity index (χ1) is 11.0. The van der Waals surface area contributed by atoms with Gasteiger partial charge >= 0.3 is 17.6 Å². The van der Waals surface area contributed by atoms with E-state index in [4.69, 9.17) is 4.74 Å². The number of carboxylic acid groups (broad SMARTS) is 1. The Balaban J connectivity index is 3.36. The van der Waals surface area contributed by atoms with Crippen molar-refractivity contribution in [2.24, 2.45) is 5.41 Å². The summed E-state index contributed by atoms with van der Waals surface area (Å²) in [5.74, 6) is -3.05. The second kappa shape index (κ2) is 6.95. The van der Waals surface area contributed by atoms with Crippen molar-refractivity contribution in [3.05, 3.63) is 28.3 Å². The van der Waals surface area contributed by atoms with Crippen LogP contribution in [0.25, 0.3) is 0 Å². The Kier molecular flexibility index (Phi) is 5.67. The number of hydrogen-bond donors (Lipinski definition) is 1. The molecule has 0 saturated carbocycles. The van der Waals surface area contributed by atoms with Gasteiger partial charge in [-0.25, -0.2) is 8.42 Å². The van der Waals surface area contributed by atoms with Crippen LogP contribution in [0.4, 0.5) is 5.69 Å². The van der Waals surface area contributed by atoms with Gasteiger partial charge in [0.05, 0.1) is 9.82 Å². The highest BCUT2D eigenvalue weighted by atomic mass is 32.2. The van der Waals surface area contributed by atoms with Crippen LogP contribution >= 0.6 is 0 Å². The van der Waals surface area contributed by atoms with E-state index in [1.54, 1.807) is 0 Å². The van der Waals surface area contributed by atoms with E-state index in [-0.39, 0.29) is 17.7 Å². The predicted octanol–water partition coefficient (Wildman–Crippen LogP) is 1.79. The van der Waals surface area contributed by atoms with E-state index >= 15 is 0 Å². The van der Waals surface area contributed by atoms with Crippen molar-refractivity contribution >= 4 is 27.5 Å². The molecule has 0 unspecified atom stereocenters. The topological polar surface area (TPSA) is 141 Å². The molecule has 0 atom stereocenters. The van der Waals surface area contributed by atoms with E-state index in [9.17, 15) is 33.2 Å². The second-order valence-corrected chi connectivity index (χ2v) is 7.16. The number of nitro benzene ring substituents is 1. The van der Waals surface area contributed by atoms with E-state index in [2.05, 4.69) is 0 Å². The van der Waals surface area contributed by atoms with Crippen LogP contribution in [0.3, 0.4) is 0 Å². The molecule has 0 amide bonds. The molecule has 0 fully saturated rings. The Morgan fingerprint density at radius 2 is 1.83 bits per heavy atom. The SMILES string of the molecule is CCC(CC)(C(=O)O)C(=O)Oc1ccc(S(C)(=O)=O)cc1[N+](=O)[O-]. The molecule has 1 N–H and O–H groups in total. The first kappa shape index (κ1) is 19.6. The van der Waals surface area contributed by atoms with Crippen LogP contribution in [0, 0.1) is 15.5 Å². The normalized spacial score (nSPS) is 11.8. The Hall–Kier alpha value is -2.49. The zero-order valence-corrected chi connectivity index (χ0v) is 14.1. The Morgan fingerprint density at radius 3 is 2.21 bits per heavy atom. The van der Waals surface area contributed by atoms with Crippen LogP contribution in [0.2, 0.25) is 0 Å². The Labute approximate surface area is 138 Å². The zero-order chi connectivity index (χ0) is 18.7. The fourth-order valence-corrected chi connectivity index (χ4v) is 2.72. The van der Waals surface area contributed by atoms with E-state index in [0.717, 1.165) is 24.5 Å². The third-order valence-electron chi connectivity index (χ3n) is 3.77. The van der Waals surface area contributed by atoms with E-state index in [1.165, 1.54) is 13.8 Å². The predicted molar refractivity (Wildman–Crippen MR) is 82.5 cm³/mol. The number of nitro groups is 1. The Morgan fingerprint density at radius 1 is 1.29 bits per heavy atom. The van der Waals surface area contributed by atoms with Gasteiger partial charge in [-0.3, -0.25) is 19.7 Å². The molecule has 1 aromatic rings. The molecule has 0 spiro atoms. The number of aliphatic carboxylic acids is 1. The van der Waals surface area contributed by atoms with Gasteiger partial charge in [-0.1, -0.05) is 13.8 Å². The summed E-state index contributed by atoms with van der Waals surface area (Å²) in [5.41, 5.74) is -2.57. The molecular formula is C14H17NO8S. The van der Waals surface area contributed by atoms with Gasteiger partial charge < -0.3 is 9.84 Å². The summed E-state index contributed by atoms with van der Waals surface area (Å²) in [6.45, 7) is 2.97. The van der Waals surface area contributed by atoms with Gasteiger partial charge in [-0.2, -0.15) is 0 Å². The average molecular weight is 359 g/mol. The molecule has 0 heterocycles. The number of nitrogens with zero attached hydrogens (tertiary/aromatic N) is 1. The molecule has 0 aromatic heterocycles. The summed E-state index contributed by atoms with van der Waals surface area (Å²) in [4.78, 5) is 33.5. The van der Waals surface area contributed by atoms with E-state index in [1.807, 2.05) is 0 Å². The summed E-state index contributed by atoms with van der Waals surface area (Å²) < 4.78 is 27.9. The number of benzene rings is 1. The first-order valence-electron chi connectivity index (χ1n) is 6.93. The lowest BCUT2D eigenvalue weighted by Gasteiger charge is -2.23. The summed E-state index contributed by atoms with van der Waals surface area (Å²) in [5, 5.41) is 20.4. The van der Waals surface area contributed by atoms with Crippen molar-refractivity contribution in [1.82, 2.24) is 0 Å². The highest BCUT2D eigenvalue weighted by Crippen LogP contribution is 2.34. The fourth-order valence-electron chi connectivity index (χ4n) is 2.08. The molecule has 0 aliphatic rings. The van der Waals surface area contributed by atoms with Crippen LogP contribution in [-0.4, -0.2) is 36.6 Å². The quantitative estimate of drug-likeness (QED) is 0.255. The highest BCUT2D eigenvalue weighted by Gasteiger charge is 2.45. The number of carbonyl (C=O) groups excluding carboxylic acids is 1. The first-order valence-corrected chi connectivity index (χ1v) is 8.83. The lowest BCUT2D eigenvalue weighted by atomic mass is 9.82. The maximum absolute atomic E-state index is 12.3. The van der Waals surface area contributed by atoms with E-state index < -0.39 is 43.6 Å². The number of hydrogen-bond acceptors (Lipinski definition) is 7. The van der Waals surface area contributed by atoms with Gasteiger partial charge in [0.25, 0.3) is 0 Å². The molecular weight excluding hydrogens is 342 g/mol. The smallest absolute Gasteiger partial charge is 0.329 e. The van der Waals surface area contributed by atoms with Crippen LogP contribution < -0.4 is 4.74 Å². The number of sulfone groups is 1. The van der Waals surface area contributed by atoms with Crippen molar-refractivity contribution in [2.75, 3.05) is 6.26 Å². The standard InChI is InChI=1S/C14H17NO8S/c1-4-14(5-2,12(16)17)13(18)23-11-7-6-9(24(3,21)22)8-10(11)15(19)20/h6-8H,4-5H2,1-3H3,(H,16,17). The second-order valence-electron chi connectivity index (χ2n) is 5.14. The van der Waals surface area contributed by atoms with Crippen molar-refractivity contribution in [1.29, 1.82) is 0 Å².